The number of rotatable bonds is 8. The molecule has 2 aliphatic carbocycles. The normalized spacial score (nSPS) is 21.6. The van der Waals surface area contributed by atoms with E-state index >= 15 is 0 Å². The third-order valence-corrected chi connectivity index (χ3v) is 7.64. The van der Waals surface area contributed by atoms with Gasteiger partial charge < -0.3 is 25.4 Å². The molecule has 1 saturated heterocycles. The highest BCUT2D eigenvalue weighted by Crippen LogP contribution is 2.27. The summed E-state index contributed by atoms with van der Waals surface area (Å²) in [5.74, 6) is -0.974. The molecule has 3 fully saturated rings. The van der Waals surface area contributed by atoms with Gasteiger partial charge in [0.25, 0.3) is 0 Å². The quantitative estimate of drug-likeness (QED) is 0.470. The molecule has 0 radical (unpaired) electrons. The first-order valence-electron chi connectivity index (χ1n) is 13.4. The first kappa shape index (κ1) is 27.9. The number of ether oxygens (including phenoxy) is 1. The first-order chi connectivity index (χ1) is 15.8. The average Bonchev–Trinajstić information content (AvgIpc) is 2.83. The molecule has 2 amide bonds. The number of carbonyl (C=O) groups excluding carboxylic acids is 1. The molecule has 1 aliphatic heterocycles. The molecule has 3 rings (SSSR count). The van der Waals surface area contributed by atoms with E-state index in [0.717, 1.165) is 24.9 Å². The molecule has 192 valence electrons. The minimum atomic E-state index is -0.974. The molecule has 1 atom stereocenters. The van der Waals surface area contributed by atoms with Gasteiger partial charge in [-0.15, -0.1) is 0 Å². The zero-order valence-corrected chi connectivity index (χ0v) is 21.4. The van der Waals surface area contributed by atoms with Crippen LogP contribution < -0.4 is 10.6 Å². The summed E-state index contributed by atoms with van der Waals surface area (Å²) >= 11 is 0. The summed E-state index contributed by atoms with van der Waals surface area (Å²) in [7, 11) is 0. The Morgan fingerprint density at radius 1 is 0.970 bits per heavy atom. The Morgan fingerprint density at radius 3 is 1.94 bits per heavy atom. The second kappa shape index (κ2) is 14.8. The van der Waals surface area contributed by atoms with Crippen molar-refractivity contribution in [1.82, 2.24) is 15.5 Å². The number of nitrogens with one attached hydrogen (secondary N) is 2. The van der Waals surface area contributed by atoms with E-state index in [4.69, 9.17) is 4.74 Å². The number of morpholine rings is 1. The van der Waals surface area contributed by atoms with Crippen LogP contribution in [-0.2, 0) is 9.53 Å². The van der Waals surface area contributed by atoms with Crippen LogP contribution in [0.3, 0.4) is 0 Å². The van der Waals surface area contributed by atoms with Gasteiger partial charge in [0.15, 0.2) is 0 Å². The third kappa shape index (κ3) is 11.1. The van der Waals surface area contributed by atoms with Crippen molar-refractivity contribution in [3.63, 3.8) is 0 Å². The number of carboxylic acid groups (broad SMARTS) is 1. The van der Waals surface area contributed by atoms with Crippen LogP contribution in [0.5, 0.6) is 0 Å². The van der Waals surface area contributed by atoms with Crippen LogP contribution in [0.25, 0.3) is 0 Å². The highest BCUT2D eigenvalue weighted by atomic mass is 16.5. The minimum Gasteiger partial charge on any atom is -0.480 e. The number of carbonyl (C=O) groups is 2. The van der Waals surface area contributed by atoms with E-state index in [1.165, 1.54) is 64.2 Å². The predicted octanol–water partition coefficient (Wildman–Crippen LogP) is 4.94. The molecule has 33 heavy (non-hydrogen) atoms. The van der Waals surface area contributed by atoms with Crippen molar-refractivity contribution in [3.8, 4) is 0 Å². The van der Waals surface area contributed by atoms with Gasteiger partial charge >= 0.3 is 12.0 Å². The molecule has 0 bridgehead atoms. The fraction of sp³-hybridized carbons (Fsp3) is 0.923. The van der Waals surface area contributed by atoms with Crippen molar-refractivity contribution in [2.75, 3.05) is 26.3 Å². The average molecular weight is 468 g/mol. The Hall–Kier alpha value is -1.34. The van der Waals surface area contributed by atoms with Gasteiger partial charge in [0.05, 0.1) is 13.2 Å². The van der Waals surface area contributed by atoms with E-state index in [1.54, 1.807) is 4.90 Å². The molecule has 0 spiro atoms. The topological polar surface area (TPSA) is 90.9 Å². The lowest BCUT2D eigenvalue weighted by molar-refractivity contribution is -0.139. The molecular weight excluding hydrogens is 418 g/mol. The Morgan fingerprint density at radius 2 is 1.48 bits per heavy atom. The van der Waals surface area contributed by atoms with Crippen molar-refractivity contribution < 1.29 is 19.4 Å². The van der Waals surface area contributed by atoms with E-state index in [2.05, 4.69) is 31.4 Å². The molecule has 3 N–H and O–H groups in total. The van der Waals surface area contributed by atoms with Gasteiger partial charge in [-0.2, -0.15) is 0 Å². The summed E-state index contributed by atoms with van der Waals surface area (Å²) in [6.07, 6.45) is 16.8. The van der Waals surface area contributed by atoms with Crippen LogP contribution in [-0.4, -0.2) is 66.4 Å². The maximum Gasteiger partial charge on any atom is 0.326 e. The first-order valence-corrected chi connectivity index (χ1v) is 13.4. The van der Waals surface area contributed by atoms with Crippen LogP contribution in [0.1, 0.15) is 104 Å². The Balaban J connectivity index is 0.000000254. The molecule has 2 saturated carbocycles. The zero-order chi connectivity index (χ0) is 24.1. The number of hydrogen-bond acceptors (Lipinski definition) is 4. The summed E-state index contributed by atoms with van der Waals surface area (Å²) in [5.41, 5.74) is 0.0946. The van der Waals surface area contributed by atoms with Crippen LogP contribution in [0.4, 0.5) is 4.79 Å². The van der Waals surface area contributed by atoms with Gasteiger partial charge in [0.1, 0.15) is 6.04 Å². The van der Waals surface area contributed by atoms with Crippen molar-refractivity contribution in [3.05, 3.63) is 0 Å². The van der Waals surface area contributed by atoms with E-state index < -0.39 is 12.0 Å². The number of amides is 2. The minimum absolute atomic E-state index is 0.0946. The number of aliphatic carboxylic acids is 1. The number of nitrogens with zero attached hydrogens (tertiary/aromatic N) is 1. The summed E-state index contributed by atoms with van der Waals surface area (Å²) in [5, 5.41) is 15.7. The summed E-state index contributed by atoms with van der Waals surface area (Å²) in [4.78, 5) is 24.9. The fourth-order valence-corrected chi connectivity index (χ4v) is 4.85. The molecular formula is C26H49N3O4. The van der Waals surface area contributed by atoms with Gasteiger partial charge in [0.2, 0.25) is 0 Å². The molecule has 0 aromatic heterocycles. The molecule has 1 heterocycles. The van der Waals surface area contributed by atoms with E-state index in [-0.39, 0.29) is 11.4 Å². The summed E-state index contributed by atoms with van der Waals surface area (Å²) in [6.45, 7) is 8.34. The predicted molar refractivity (Wildman–Crippen MR) is 133 cm³/mol. The number of carboxylic acids is 1. The number of urea groups is 1. The van der Waals surface area contributed by atoms with Crippen LogP contribution in [0, 0.1) is 5.41 Å². The SMILES string of the molecule is C1CCC(NC2CCCCC2)CC1.CCC(C)(C)CC[C@H](NC(=O)N1CCOCC1)C(=O)O. The lowest BCUT2D eigenvalue weighted by atomic mass is 9.84. The smallest absolute Gasteiger partial charge is 0.326 e. The highest BCUT2D eigenvalue weighted by Gasteiger charge is 2.26. The van der Waals surface area contributed by atoms with Gasteiger partial charge in [-0.25, -0.2) is 9.59 Å². The van der Waals surface area contributed by atoms with Gasteiger partial charge in [0, 0.05) is 25.2 Å². The molecule has 0 unspecified atom stereocenters. The highest BCUT2D eigenvalue weighted by molar-refractivity contribution is 5.82. The van der Waals surface area contributed by atoms with Crippen molar-refractivity contribution in [1.29, 1.82) is 0 Å². The van der Waals surface area contributed by atoms with Crippen LogP contribution in [0.2, 0.25) is 0 Å². The van der Waals surface area contributed by atoms with Gasteiger partial charge in [-0.05, 0) is 43.9 Å². The summed E-state index contributed by atoms with van der Waals surface area (Å²) < 4.78 is 5.17. The third-order valence-electron chi connectivity index (χ3n) is 7.64. The van der Waals surface area contributed by atoms with Crippen LogP contribution >= 0.6 is 0 Å². The van der Waals surface area contributed by atoms with Crippen molar-refractivity contribution in [2.45, 2.75) is 122 Å². The molecule has 3 aliphatic rings. The maximum absolute atomic E-state index is 12.0. The number of hydrogen-bond donors (Lipinski definition) is 3. The van der Waals surface area contributed by atoms with E-state index in [0.29, 0.717) is 32.7 Å². The summed E-state index contributed by atoms with van der Waals surface area (Å²) in [6, 6.07) is 0.611. The van der Waals surface area contributed by atoms with E-state index in [1.807, 2.05) is 0 Å². The van der Waals surface area contributed by atoms with Gasteiger partial charge in [-0.3, -0.25) is 0 Å². The second-order valence-electron chi connectivity index (χ2n) is 10.8. The standard InChI is InChI=1S/C14H26N2O4.C12H23N/c1-4-14(2,3)6-5-11(12(17)18)15-13(19)16-7-9-20-10-8-16;1-3-7-11(8-4-1)13-12-9-5-2-6-10-12/h11H,4-10H2,1-3H3,(H,15,19)(H,17,18);11-13H,1-10H2/t11-;/m0./s1. The lowest BCUT2D eigenvalue weighted by Crippen LogP contribution is -2.51. The Bertz CT molecular complexity index is 550. The lowest BCUT2D eigenvalue weighted by Gasteiger charge is -2.30. The molecule has 7 heteroatoms. The molecule has 7 nitrogen and oxygen atoms in total. The van der Waals surface area contributed by atoms with E-state index in [9.17, 15) is 14.7 Å². The van der Waals surface area contributed by atoms with Crippen LogP contribution in [0.15, 0.2) is 0 Å². The monoisotopic (exact) mass is 467 g/mol. The molecule has 0 aromatic carbocycles. The maximum atomic E-state index is 12.0. The second-order valence-corrected chi connectivity index (χ2v) is 10.8. The largest absolute Gasteiger partial charge is 0.480 e. The zero-order valence-electron chi connectivity index (χ0n) is 21.4. The molecule has 0 aromatic rings. The van der Waals surface area contributed by atoms with Gasteiger partial charge in [-0.1, -0.05) is 65.7 Å². The fourth-order valence-electron chi connectivity index (χ4n) is 4.85. The van der Waals surface area contributed by atoms with Crippen molar-refractivity contribution >= 4 is 12.0 Å². The van der Waals surface area contributed by atoms with Crippen molar-refractivity contribution in [2.24, 2.45) is 5.41 Å². The Kier molecular flexibility index (Phi) is 12.5. The Labute approximate surface area is 201 Å².